The monoisotopic (exact) mass is 411 g/mol. The van der Waals surface area contributed by atoms with Gasteiger partial charge < -0.3 is 0 Å². The van der Waals surface area contributed by atoms with Crippen molar-refractivity contribution >= 4 is 59.6 Å². The molecule has 0 spiro atoms. The molecular formula is C15H10BrNO3Se. The second-order valence-electron chi connectivity index (χ2n) is 4.63. The molecule has 0 fully saturated rings. The number of carbonyl (C=O) groups excluding carboxylic acids is 1. The summed E-state index contributed by atoms with van der Waals surface area (Å²) in [5.74, 6) is -1.07. The summed E-state index contributed by atoms with van der Waals surface area (Å²) >= 11 is 3.33. The Morgan fingerprint density at radius 2 is 2.14 bits per heavy atom. The number of carboxylic acids is 1. The molecule has 6 heteroatoms. The van der Waals surface area contributed by atoms with Crippen molar-refractivity contribution < 1.29 is 14.7 Å². The van der Waals surface area contributed by atoms with Gasteiger partial charge in [0, 0.05) is 0 Å². The number of benzene rings is 1. The number of hydrogen-bond acceptors (Lipinski definition) is 2. The van der Waals surface area contributed by atoms with E-state index in [9.17, 15) is 9.59 Å². The number of fused-ring (bicyclic) bond motifs is 1. The molecule has 0 saturated heterocycles. The number of anilines is 1. The Balaban J connectivity index is 2.07. The quantitative estimate of drug-likeness (QED) is 0.590. The van der Waals surface area contributed by atoms with Crippen LogP contribution in [0, 0.1) is 6.92 Å². The van der Waals surface area contributed by atoms with Crippen LogP contribution in [0.25, 0.3) is 11.6 Å². The predicted octanol–water partition coefficient (Wildman–Crippen LogP) is 3.01. The third kappa shape index (κ3) is 2.62. The van der Waals surface area contributed by atoms with Crippen molar-refractivity contribution in [3.63, 3.8) is 0 Å². The second-order valence-corrected chi connectivity index (χ2v) is 8.24. The van der Waals surface area contributed by atoms with Gasteiger partial charge in [-0.05, 0) is 0 Å². The normalized spacial score (nSPS) is 15.1. The molecule has 1 aliphatic rings. The van der Waals surface area contributed by atoms with E-state index in [1.54, 1.807) is 12.1 Å². The maximum absolute atomic E-state index is 12.1. The Morgan fingerprint density at radius 3 is 2.81 bits per heavy atom. The molecule has 1 aromatic heterocycles. The van der Waals surface area contributed by atoms with E-state index < -0.39 is 5.97 Å². The first-order chi connectivity index (χ1) is 9.95. The molecule has 0 atom stereocenters. The van der Waals surface area contributed by atoms with Crippen molar-refractivity contribution in [1.82, 2.24) is 0 Å². The summed E-state index contributed by atoms with van der Waals surface area (Å²) in [4.78, 5) is 23.2. The first kappa shape index (κ1) is 14.3. The molecule has 0 aliphatic carbocycles. The molecular weight excluding hydrogens is 401 g/mol. The van der Waals surface area contributed by atoms with Gasteiger partial charge in [0.2, 0.25) is 0 Å². The van der Waals surface area contributed by atoms with Crippen molar-refractivity contribution in [3.05, 3.63) is 48.7 Å². The van der Waals surface area contributed by atoms with E-state index in [1.165, 1.54) is 0 Å². The van der Waals surface area contributed by atoms with Gasteiger partial charge in [0.15, 0.2) is 0 Å². The van der Waals surface area contributed by atoms with Crippen LogP contribution in [-0.4, -0.2) is 31.5 Å². The van der Waals surface area contributed by atoms with Gasteiger partial charge in [-0.1, -0.05) is 0 Å². The fourth-order valence-corrected chi connectivity index (χ4v) is 4.62. The molecule has 1 aromatic carbocycles. The van der Waals surface area contributed by atoms with Crippen molar-refractivity contribution in [1.29, 1.82) is 0 Å². The van der Waals surface area contributed by atoms with Crippen LogP contribution in [0.2, 0.25) is 0 Å². The molecule has 106 valence electrons. The van der Waals surface area contributed by atoms with Gasteiger partial charge in [0.05, 0.1) is 0 Å². The molecule has 0 unspecified atom stereocenters. The average Bonchev–Trinajstić information content (AvgIpc) is 2.91. The van der Waals surface area contributed by atoms with Gasteiger partial charge in [-0.25, -0.2) is 0 Å². The second kappa shape index (κ2) is 5.30. The molecule has 0 bridgehead atoms. The molecule has 21 heavy (non-hydrogen) atoms. The number of aryl methyl sites for hydroxylation is 1. The van der Waals surface area contributed by atoms with Crippen LogP contribution in [-0.2, 0) is 4.79 Å². The van der Waals surface area contributed by atoms with Crippen molar-refractivity contribution in [2.24, 2.45) is 0 Å². The predicted molar refractivity (Wildman–Crippen MR) is 85.7 cm³/mol. The number of halogens is 1. The number of rotatable bonds is 2. The summed E-state index contributed by atoms with van der Waals surface area (Å²) in [7, 11) is 0. The molecule has 3 rings (SSSR count). The van der Waals surface area contributed by atoms with Crippen LogP contribution < -0.4 is 5.32 Å². The summed E-state index contributed by atoms with van der Waals surface area (Å²) in [5, 5.41) is 11.9. The van der Waals surface area contributed by atoms with E-state index in [-0.39, 0.29) is 20.4 Å². The number of carbonyl (C=O) groups is 2. The Labute approximate surface area is 135 Å². The topological polar surface area (TPSA) is 66.4 Å². The minimum atomic E-state index is -0.914. The van der Waals surface area contributed by atoms with E-state index in [1.807, 2.05) is 25.1 Å². The fourth-order valence-electron chi connectivity index (χ4n) is 2.24. The fraction of sp³-hybridized carbons (Fsp3) is 0.0667. The molecule has 1 amide bonds. The van der Waals surface area contributed by atoms with Gasteiger partial charge in [-0.3, -0.25) is 0 Å². The van der Waals surface area contributed by atoms with E-state index in [4.69, 9.17) is 5.11 Å². The Hall–Kier alpha value is -1.62. The number of amides is 1. The summed E-state index contributed by atoms with van der Waals surface area (Å²) in [5.41, 5.74) is 2.55. The van der Waals surface area contributed by atoms with E-state index in [0.717, 1.165) is 24.6 Å². The third-order valence-corrected chi connectivity index (χ3v) is 5.80. The summed E-state index contributed by atoms with van der Waals surface area (Å²) in [6.45, 7) is 1.82. The molecule has 4 nitrogen and oxygen atoms in total. The summed E-state index contributed by atoms with van der Waals surface area (Å²) < 4.78 is 2.67. The van der Waals surface area contributed by atoms with Crippen LogP contribution in [0.15, 0.2) is 28.7 Å². The zero-order valence-corrected chi connectivity index (χ0v) is 14.2. The molecule has 0 saturated carbocycles. The van der Waals surface area contributed by atoms with E-state index >= 15 is 0 Å². The van der Waals surface area contributed by atoms with E-state index in [2.05, 4.69) is 21.2 Å². The molecule has 2 heterocycles. The Morgan fingerprint density at radius 1 is 1.38 bits per heavy atom. The molecule has 0 radical (unpaired) electrons. The SMILES string of the molecule is Cc1[se]c(C=C2C(=O)Nc3cc(Br)ccc32)cc1C(=O)O. The van der Waals surface area contributed by atoms with Crippen LogP contribution in [0.1, 0.15) is 24.8 Å². The van der Waals surface area contributed by atoms with E-state index in [0.29, 0.717) is 11.1 Å². The van der Waals surface area contributed by atoms with Gasteiger partial charge in [0.1, 0.15) is 0 Å². The van der Waals surface area contributed by atoms with Crippen molar-refractivity contribution in [3.8, 4) is 0 Å². The van der Waals surface area contributed by atoms with Gasteiger partial charge in [-0.15, -0.1) is 0 Å². The van der Waals surface area contributed by atoms with Crippen LogP contribution in [0.4, 0.5) is 5.69 Å². The third-order valence-electron chi connectivity index (χ3n) is 3.22. The van der Waals surface area contributed by atoms with Crippen molar-refractivity contribution in [2.75, 3.05) is 5.32 Å². The van der Waals surface area contributed by atoms with Gasteiger partial charge in [-0.2, -0.15) is 0 Å². The maximum atomic E-state index is 12.1. The zero-order chi connectivity index (χ0) is 15.1. The zero-order valence-electron chi connectivity index (χ0n) is 10.9. The summed E-state index contributed by atoms with van der Waals surface area (Å²) in [6, 6.07) is 7.28. The Kier molecular flexibility index (Phi) is 3.61. The first-order valence-electron chi connectivity index (χ1n) is 6.12. The number of hydrogen-bond donors (Lipinski definition) is 2. The molecule has 1 aliphatic heterocycles. The van der Waals surface area contributed by atoms with Crippen LogP contribution in [0.3, 0.4) is 0 Å². The van der Waals surface area contributed by atoms with Crippen molar-refractivity contribution in [2.45, 2.75) is 6.92 Å². The first-order valence-corrected chi connectivity index (χ1v) is 8.63. The average molecular weight is 411 g/mol. The van der Waals surface area contributed by atoms with Crippen LogP contribution in [0.5, 0.6) is 0 Å². The summed E-state index contributed by atoms with van der Waals surface area (Å²) in [6.07, 6.45) is 1.80. The molecule has 2 N–H and O–H groups in total. The van der Waals surface area contributed by atoms with Crippen LogP contribution >= 0.6 is 15.9 Å². The minimum absolute atomic E-state index is 0.0425. The molecule has 2 aromatic rings. The number of nitrogens with one attached hydrogen (secondary N) is 1. The van der Waals surface area contributed by atoms with Gasteiger partial charge in [0.25, 0.3) is 0 Å². The van der Waals surface area contributed by atoms with Gasteiger partial charge >= 0.3 is 135 Å². The standard InChI is InChI=1S/C15H10BrNO3Se/c1-7-11(15(19)20)5-9(21-7)6-12-10-3-2-8(16)4-13(10)17-14(12)18/h2-6H,1H3,(H,17,18)(H,19,20). The Bertz CT molecular complexity index is 807. The number of carboxylic acid groups (broad SMARTS) is 1. The number of aromatic carboxylic acids is 1.